The molecule has 2 aromatic carbocycles. The average Bonchev–Trinajstić information content (AvgIpc) is 2.97. The number of rotatable bonds is 4. The van der Waals surface area contributed by atoms with E-state index >= 15 is 0 Å². The minimum absolute atomic E-state index is 0.195. The monoisotopic (exact) mass is 478 g/mol. The van der Waals surface area contributed by atoms with Crippen LogP contribution in [-0.2, 0) is 13.6 Å². The molecule has 0 saturated carbocycles. The highest BCUT2D eigenvalue weighted by Gasteiger charge is 2.52. The number of Topliss-reactive ketones (excluding diaryl/α,β-unsaturated/α-hetero) is 1. The van der Waals surface area contributed by atoms with E-state index in [0.717, 1.165) is 31.9 Å². The molecular formula is C26H34O3Si3. The number of ketones is 1. The quantitative estimate of drug-likeness (QED) is 0.602. The lowest BCUT2D eigenvalue weighted by atomic mass is 10.1. The van der Waals surface area contributed by atoms with E-state index in [4.69, 9.17) is 8.85 Å². The molecule has 1 aliphatic heterocycles. The van der Waals surface area contributed by atoms with Crippen molar-refractivity contribution >= 4 is 40.9 Å². The van der Waals surface area contributed by atoms with Gasteiger partial charge in [0.05, 0.1) is 28.9 Å². The molecule has 0 amide bonds. The fourth-order valence-corrected chi connectivity index (χ4v) is 12.4. The Kier molecular flexibility index (Phi) is 5.96. The molecule has 4 rings (SSSR count). The van der Waals surface area contributed by atoms with E-state index in [0.29, 0.717) is 6.61 Å². The molecule has 168 valence electrons. The molecule has 1 aliphatic carbocycles. The van der Waals surface area contributed by atoms with Crippen LogP contribution in [0.3, 0.4) is 0 Å². The molecule has 2 aliphatic rings. The van der Waals surface area contributed by atoms with Gasteiger partial charge in [0.25, 0.3) is 0 Å². The van der Waals surface area contributed by atoms with Crippen LogP contribution < -0.4 is 10.4 Å². The van der Waals surface area contributed by atoms with E-state index in [1.807, 2.05) is 12.1 Å². The fraction of sp³-hybridized carbons (Fsp3) is 0.346. The third kappa shape index (κ3) is 3.88. The lowest BCUT2D eigenvalue weighted by Gasteiger charge is -2.32. The maximum absolute atomic E-state index is 13.8. The van der Waals surface area contributed by atoms with Crippen molar-refractivity contribution in [3.63, 3.8) is 0 Å². The summed E-state index contributed by atoms with van der Waals surface area (Å²) in [6.07, 6.45) is -0.195. The molecule has 1 saturated heterocycles. The molecular weight excluding hydrogens is 445 g/mol. The summed E-state index contributed by atoms with van der Waals surface area (Å²) in [5.41, 5.74) is 2.26. The second kappa shape index (κ2) is 8.18. The van der Waals surface area contributed by atoms with Gasteiger partial charge in [-0.2, -0.15) is 0 Å². The van der Waals surface area contributed by atoms with Crippen LogP contribution >= 0.6 is 0 Å². The largest absolute Gasteiger partial charge is 0.407 e. The molecule has 0 spiro atoms. The number of benzene rings is 2. The molecule has 0 aromatic heterocycles. The smallest absolute Gasteiger partial charge is 0.383 e. The van der Waals surface area contributed by atoms with Crippen LogP contribution in [0.2, 0.25) is 39.3 Å². The van der Waals surface area contributed by atoms with Crippen LogP contribution in [0.15, 0.2) is 82.2 Å². The Morgan fingerprint density at radius 1 is 0.781 bits per heavy atom. The summed E-state index contributed by atoms with van der Waals surface area (Å²) in [6, 6.07) is 20.8. The molecule has 1 fully saturated rings. The number of hydrogen-bond acceptors (Lipinski definition) is 3. The van der Waals surface area contributed by atoms with Crippen LogP contribution in [0.4, 0.5) is 0 Å². The summed E-state index contributed by atoms with van der Waals surface area (Å²) in [7, 11) is -6.74. The molecule has 0 bridgehead atoms. The van der Waals surface area contributed by atoms with E-state index in [9.17, 15) is 4.79 Å². The minimum atomic E-state index is -2.96. The first-order valence-electron chi connectivity index (χ1n) is 11.4. The molecule has 3 nitrogen and oxygen atoms in total. The molecule has 6 heteroatoms. The van der Waals surface area contributed by atoms with Crippen LogP contribution in [0.25, 0.3) is 0 Å². The number of carbonyl (C=O) groups excluding carboxylic acids is 1. The Hall–Kier alpha value is -1.84. The van der Waals surface area contributed by atoms with Gasteiger partial charge in [-0.1, -0.05) is 99.9 Å². The second-order valence-corrected chi connectivity index (χ2v) is 23.8. The predicted octanol–water partition coefficient (Wildman–Crippen LogP) is 4.61. The zero-order valence-electron chi connectivity index (χ0n) is 20.3. The molecule has 1 atom stereocenters. The topological polar surface area (TPSA) is 35.5 Å². The first kappa shape index (κ1) is 23.3. The van der Waals surface area contributed by atoms with Crippen molar-refractivity contribution in [2.24, 2.45) is 0 Å². The van der Waals surface area contributed by atoms with Crippen molar-refractivity contribution in [1.29, 1.82) is 0 Å². The molecule has 1 heterocycles. The van der Waals surface area contributed by atoms with E-state index < -0.39 is 24.7 Å². The Labute approximate surface area is 195 Å². The molecule has 0 unspecified atom stereocenters. The first-order valence-corrected chi connectivity index (χ1v) is 20.2. The van der Waals surface area contributed by atoms with E-state index in [2.05, 4.69) is 94.7 Å². The van der Waals surface area contributed by atoms with Crippen molar-refractivity contribution in [1.82, 2.24) is 0 Å². The van der Waals surface area contributed by atoms with Crippen molar-refractivity contribution in [2.45, 2.75) is 52.3 Å². The maximum atomic E-state index is 13.8. The van der Waals surface area contributed by atoms with Crippen molar-refractivity contribution in [2.75, 3.05) is 6.61 Å². The van der Waals surface area contributed by atoms with E-state index in [1.54, 1.807) is 0 Å². The molecule has 0 N–H and O–H groups in total. The standard InChI is InChI=1S/C26H34O3Si3/c1-19-23-22(25(30(2,3)4)24(27)26(23)31(5,6)7)18-28-32(29-19,20-14-10-8-11-15-20)21-16-12-9-13-17-21/h8-17,19H,18H2,1-7H3/t19-/m0/s1. The van der Waals surface area contributed by atoms with Gasteiger partial charge < -0.3 is 8.85 Å². The van der Waals surface area contributed by atoms with E-state index in [1.165, 1.54) is 0 Å². The van der Waals surface area contributed by atoms with Gasteiger partial charge in [-0.25, -0.2) is 0 Å². The number of hydrogen-bond donors (Lipinski definition) is 0. The summed E-state index contributed by atoms with van der Waals surface area (Å²) in [4.78, 5) is 13.8. The number of carbonyl (C=O) groups is 1. The molecule has 0 radical (unpaired) electrons. The van der Waals surface area contributed by atoms with Gasteiger partial charge in [0, 0.05) is 0 Å². The van der Waals surface area contributed by atoms with E-state index in [-0.39, 0.29) is 11.9 Å². The van der Waals surface area contributed by atoms with Gasteiger partial charge in [0.15, 0.2) is 5.78 Å². The third-order valence-corrected chi connectivity index (χ3v) is 13.8. The van der Waals surface area contributed by atoms with Gasteiger partial charge in [-0.15, -0.1) is 0 Å². The Morgan fingerprint density at radius 2 is 1.25 bits per heavy atom. The van der Waals surface area contributed by atoms with Crippen LogP contribution in [0.5, 0.6) is 0 Å². The summed E-state index contributed by atoms with van der Waals surface area (Å²) in [5, 5.41) is 4.31. The Morgan fingerprint density at radius 3 is 1.69 bits per heavy atom. The first-order chi connectivity index (χ1) is 15.0. The maximum Gasteiger partial charge on any atom is 0.407 e. The van der Waals surface area contributed by atoms with Gasteiger partial charge >= 0.3 is 8.56 Å². The van der Waals surface area contributed by atoms with Crippen LogP contribution in [0, 0.1) is 0 Å². The van der Waals surface area contributed by atoms with Gasteiger partial charge in [0.2, 0.25) is 0 Å². The Bertz CT molecular complexity index is 1050. The fourth-order valence-electron chi connectivity index (χ4n) is 5.11. The highest BCUT2D eigenvalue weighted by atomic mass is 28.4. The lowest BCUT2D eigenvalue weighted by molar-refractivity contribution is -0.111. The molecule has 32 heavy (non-hydrogen) atoms. The number of fused-ring (bicyclic) bond motifs is 1. The molecule has 2 aromatic rings. The lowest BCUT2D eigenvalue weighted by Crippen LogP contribution is -2.64. The minimum Gasteiger partial charge on any atom is -0.383 e. The average molecular weight is 479 g/mol. The van der Waals surface area contributed by atoms with Crippen molar-refractivity contribution in [3.05, 3.63) is 82.2 Å². The van der Waals surface area contributed by atoms with Crippen molar-refractivity contribution < 1.29 is 13.6 Å². The highest BCUT2D eigenvalue weighted by Crippen LogP contribution is 2.43. The number of allylic oxidation sites excluding steroid dienone is 2. The summed E-state index contributed by atoms with van der Waals surface area (Å²) < 4.78 is 13.9. The predicted molar refractivity (Wildman–Crippen MR) is 140 cm³/mol. The van der Waals surface area contributed by atoms with Crippen LogP contribution in [0.1, 0.15) is 6.92 Å². The van der Waals surface area contributed by atoms with Gasteiger partial charge in [-0.05, 0) is 38.8 Å². The SMILES string of the molecule is C[C@@H]1O[Si](c2ccccc2)(c2ccccc2)OCC2=C([Si](C)(C)C)C(=O)C([Si](C)(C)C)=C21. The van der Waals surface area contributed by atoms with Gasteiger partial charge in [-0.3, -0.25) is 4.79 Å². The summed E-state index contributed by atoms with van der Waals surface area (Å²) in [5.74, 6) is 0.279. The third-order valence-electron chi connectivity index (χ3n) is 6.33. The zero-order chi connectivity index (χ0) is 23.3. The van der Waals surface area contributed by atoms with Gasteiger partial charge in [0.1, 0.15) is 0 Å². The van der Waals surface area contributed by atoms with Crippen LogP contribution in [-0.4, -0.2) is 43.2 Å². The Balaban J connectivity index is 1.97. The second-order valence-electron chi connectivity index (χ2n) is 10.9. The highest BCUT2D eigenvalue weighted by molar-refractivity contribution is 6.95. The zero-order valence-corrected chi connectivity index (χ0v) is 23.3. The van der Waals surface area contributed by atoms with Crippen molar-refractivity contribution in [3.8, 4) is 0 Å². The normalized spacial score (nSPS) is 21.6. The summed E-state index contributed by atoms with van der Waals surface area (Å²) >= 11 is 0. The summed E-state index contributed by atoms with van der Waals surface area (Å²) in [6.45, 7) is 16.2.